The second-order valence-electron chi connectivity index (χ2n) is 4.65. The van der Waals surface area contributed by atoms with Gasteiger partial charge in [0.25, 0.3) is 0 Å². The molecule has 1 atom stereocenters. The van der Waals surface area contributed by atoms with Crippen LogP contribution in [0.1, 0.15) is 11.5 Å². The molecule has 1 aromatic rings. The summed E-state index contributed by atoms with van der Waals surface area (Å²) >= 11 is 2.95. The number of esters is 2. The molecule has 0 bridgehead atoms. The second kappa shape index (κ2) is 7.74. The summed E-state index contributed by atoms with van der Waals surface area (Å²) in [5.74, 6) is -0.114. The van der Waals surface area contributed by atoms with Gasteiger partial charge in [-0.1, -0.05) is 36.4 Å². The Hall–Kier alpha value is -1.40. The molecule has 0 aliphatic carbocycles. The maximum atomic E-state index is 12.6. The first-order valence-corrected chi connectivity index (χ1v) is 8.84. The van der Waals surface area contributed by atoms with Crippen LogP contribution >= 0.6 is 23.5 Å². The van der Waals surface area contributed by atoms with Crippen LogP contribution in [0.3, 0.4) is 0 Å². The van der Waals surface area contributed by atoms with Gasteiger partial charge in [-0.25, -0.2) is 9.59 Å². The van der Waals surface area contributed by atoms with Crippen molar-refractivity contribution in [2.45, 2.75) is 10.7 Å². The van der Waals surface area contributed by atoms with Crippen LogP contribution in [0.4, 0.5) is 0 Å². The molecule has 0 aromatic heterocycles. The molecule has 1 heterocycles. The van der Waals surface area contributed by atoms with E-state index in [9.17, 15) is 9.59 Å². The Balaban J connectivity index is 2.60. The minimum absolute atomic E-state index is 0.439. The van der Waals surface area contributed by atoms with Crippen LogP contribution in [0.15, 0.2) is 41.8 Å². The summed E-state index contributed by atoms with van der Waals surface area (Å²) < 4.78 is 8.51. The predicted octanol–water partition coefficient (Wildman–Crippen LogP) is 2.85. The van der Waals surface area contributed by atoms with E-state index in [1.165, 1.54) is 26.0 Å². The Morgan fingerprint density at radius 3 is 2.32 bits per heavy atom. The topological polar surface area (TPSA) is 52.6 Å². The lowest BCUT2D eigenvalue weighted by molar-refractivity contribution is -0.156. The third-order valence-electron chi connectivity index (χ3n) is 3.47. The van der Waals surface area contributed by atoms with E-state index in [2.05, 4.69) is 0 Å². The molecule has 1 aromatic carbocycles. The average Bonchev–Trinajstić information content (AvgIpc) is 2.54. The molecule has 0 radical (unpaired) electrons. The predicted molar refractivity (Wildman–Crippen MR) is 90.0 cm³/mol. The smallest absolute Gasteiger partial charge is 0.334 e. The van der Waals surface area contributed by atoms with Crippen molar-refractivity contribution >= 4 is 35.5 Å². The van der Waals surface area contributed by atoms with Gasteiger partial charge in [0.05, 0.1) is 14.2 Å². The summed E-state index contributed by atoms with van der Waals surface area (Å²) in [4.78, 5) is 25.1. The summed E-state index contributed by atoms with van der Waals surface area (Å²) in [5, 5.41) is 1.94. The third kappa shape index (κ3) is 3.17. The Morgan fingerprint density at radius 2 is 1.73 bits per heavy atom. The lowest BCUT2D eigenvalue weighted by atomic mass is 9.85. The van der Waals surface area contributed by atoms with Crippen molar-refractivity contribution in [3.05, 3.63) is 47.4 Å². The van der Waals surface area contributed by atoms with E-state index in [1.54, 1.807) is 11.8 Å². The molecule has 0 fully saturated rings. The minimum atomic E-state index is -1.41. The van der Waals surface area contributed by atoms with Gasteiger partial charge < -0.3 is 9.47 Å². The van der Waals surface area contributed by atoms with Crippen LogP contribution in [-0.2, 0) is 19.1 Å². The molecule has 1 aliphatic rings. The summed E-state index contributed by atoms with van der Waals surface area (Å²) in [6.07, 6.45) is 1.89. The normalized spacial score (nSPS) is 22.0. The Labute approximate surface area is 138 Å². The summed E-state index contributed by atoms with van der Waals surface area (Å²) in [6.45, 7) is 0. The number of rotatable bonds is 3. The van der Waals surface area contributed by atoms with Gasteiger partial charge in [0.1, 0.15) is 0 Å². The summed E-state index contributed by atoms with van der Waals surface area (Å²) in [6, 6.07) is 9.49. The summed E-state index contributed by atoms with van der Waals surface area (Å²) in [5.41, 5.74) is 0.879. The van der Waals surface area contributed by atoms with Gasteiger partial charge in [-0.3, -0.25) is 0 Å². The molecule has 22 heavy (non-hydrogen) atoms. The number of carbonyl (C=O) groups excluding carboxylic acids is 2. The monoisotopic (exact) mass is 338 g/mol. The highest BCUT2D eigenvalue weighted by Crippen LogP contribution is 2.44. The molecule has 6 heteroatoms. The fourth-order valence-electron chi connectivity index (χ4n) is 2.44. The Bertz CT molecular complexity index is 541. The van der Waals surface area contributed by atoms with E-state index >= 15 is 0 Å². The number of carbonyl (C=O) groups is 2. The molecule has 0 spiro atoms. The fraction of sp³-hybridized carbons (Fsp3) is 0.375. The molecule has 0 saturated carbocycles. The maximum absolute atomic E-state index is 12.6. The van der Waals surface area contributed by atoms with Crippen molar-refractivity contribution in [3.8, 4) is 0 Å². The van der Waals surface area contributed by atoms with Crippen molar-refractivity contribution in [3.63, 3.8) is 0 Å². The van der Waals surface area contributed by atoms with Crippen molar-refractivity contribution in [2.75, 3.05) is 25.7 Å². The van der Waals surface area contributed by atoms with Crippen LogP contribution < -0.4 is 0 Å². The van der Waals surface area contributed by atoms with E-state index in [0.29, 0.717) is 5.75 Å². The van der Waals surface area contributed by atoms with Crippen LogP contribution in [0.2, 0.25) is 0 Å². The molecule has 118 valence electrons. The van der Waals surface area contributed by atoms with E-state index < -0.39 is 22.6 Å². The molecule has 4 nitrogen and oxygen atoms in total. The van der Waals surface area contributed by atoms with Crippen LogP contribution in [0.25, 0.3) is 0 Å². The van der Waals surface area contributed by atoms with E-state index in [-0.39, 0.29) is 0 Å². The van der Waals surface area contributed by atoms with Gasteiger partial charge in [0, 0.05) is 17.4 Å². The fourth-order valence-corrected chi connectivity index (χ4v) is 4.68. The van der Waals surface area contributed by atoms with Gasteiger partial charge >= 0.3 is 11.9 Å². The molecule has 0 amide bonds. The van der Waals surface area contributed by atoms with Crippen LogP contribution in [0.5, 0.6) is 0 Å². The van der Waals surface area contributed by atoms with Crippen molar-refractivity contribution in [1.82, 2.24) is 0 Å². The van der Waals surface area contributed by atoms with E-state index in [0.717, 1.165) is 11.3 Å². The van der Waals surface area contributed by atoms with Crippen LogP contribution in [0, 0.1) is 0 Å². The van der Waals surface area contributed by atoms with Crippen LogP contribution in [-0.4, -0.2) is 42.4 Å². The number of allylic oxidation sites excluding steroid dienone is 1. The molecule has 1 aliphatic heterocycles. The highest BCUT2D eigenvalue weighted by atomic mass is 32.2. The first-order chi connectivity index (χ1) is 10.7. The average molecular weight is 338 g/mol. The third-order valence-corrected chi connectivity index (χ3v) is 5.97. The summed E-state index contributed by atoms with van der Waals surface area (Å²) in [7, 11) is 2.60. The lowest BCUT2D eigenvalue weighted by Crippen LogP contribution is -2.50. The molecule has 1 unspecified atom stereocenters. The number of thioether (sulfide) groups is 2. The zero-order chi connectivity index (χ0) is 16.0. The zero-order valence-electron chi connectivity index (χ0n) is 12.5. The van der Waals surface area contributed by atoms with Crippen molar-refractivity contribution in [2.24, 2.45) is 0 Å². The quantitative estimate of drug-likeness (QED) is 0.624. The van der Waals surface area contributed by atoms with Crippen molar-refractivity contribution < 1.29 is 19.1 Å². The highest BCUT2D eigenvalue weighted by Gasteiger charge is 2.55. The zero-order valence-corrected chi connectivity index (χ0v) is 14.1. The van der Waals surface area contributed by atoms with E-state index in [4.69, 9.17) is 9.47 Å². The molecular formula is C16H18O4S2. The first-order valence-electron chi connectivity index (χ1n) is 6.80. The molecule has 0 N–H and O–H groups in total. The molecule has 0 saturated heterocycles. The number of hydrogen-bond donors (Lipinski definition) is 0. The van der Waals surface area contributed by atoms with Gasteiger partial charge in [0.15, 0.2) is 0 Å². The molecular weight excluding hydrogens is 320 g/mol. The Kier molecular flexibility index (Phi) is 5.97. The van der Waals surface area contributed by atoms with Gasteiger partial charge in [-0.05, 0) is 11.0 Å². The number of ether oxygens (including phenoxy) is 2. The largest absolute Gasteiger partial charge is 0.468 e. The molecule has 2 rings (SSSR count). The second-order valence-corrected chi connectivity index (χ2v) is 7.01. The first kappa shape index (κ1) is 17.0. The van der Waals surface area contributed by atoms with Gasteiger partial charge in [0.2, 0.25) is 4.75 Å². The maximum Gasteiger partial charge on any atom is 0.334 e. The van der Waals surface area contributed by atoms with Crippen molar-refractivity contribution in [1.29, 1.82) is 0 Å². The number of hydrogen-bond acceptors (Lipinski definition) is 6. The number of benzene rings is 1. The van der Waals surface area contributed by atoms with E-state index in [1.807, 2.05) is 41.8 Å². The Morgan fingerprint density at radius 1 is 1.09 bits per heavy atom. The van der Waals surface area contributed by atoms with Gasteiger partial charge in [-0.15, -0.1) is 23.5 Å². The lowest BCUT2D eigenvalue weighted by Gasteiger charge is -2.34. The SMILES string of the molecule is COC(=O)C1(C(=O)OC)SCCS/C=C\C1c1ccccc1. The highest BCUT2D eigenvalue weighted by molar-refractivity contribution is 8.05. The standard InChI is InChI=1S/C16H18O4S2/c1-19-14(17)16(15(18)20-2)13(8-9-21-10-11-22-16)12-6-4-3-5-7-12/h3-9,13H,10-11H2,1-2H3/b9-8-. The number of methoxy groups -OCH3 is 2. The minimum Gasteiger partial charge on any atom is -0.468 e. The van der Waals surface area contributed by atoms with Gasteiger partial charge in [-0.2, -0.15) is 0 Å².